The smallest absolute Gasteiger partial charge is 0.465 e. The van der Waals surface area contributed by atoms with Crippen molar-refractivity contribution in [1.29, 1.82) is 0 Å². The summed E-state index contributed by atoms with van der Waals surface area (Å²) in [5.74, 6) is -2.20. The molecular weight excluding hydrogens is 1120 g/mol. The summed E-state index contributed by atoms with van der Waals surface area (Å²) in [4.78, 5) is 90.8. The van der Waals surface area contributed by atoms with Crippen molar-refractivity contribution in [2.45, 2.75) is 124 Å². The first-order chi connectivity index (χ1) is 40.8. The second kappa shape index (κ2) is 32.7. The van der Waals surface area contributed by atoms with Gasteiger partial charge in [-0.2, -0.15) is 0 Å². The third kappa shape index (κ3) is 21.8. The minimum atomic E-state index is -1.45. The summed E-state index contributed by atoms with van der Waals surface area (Å²) >= 11 is 0. The molecule has 0 radical (unpaired) electrons. The van der Waals surface area contributed by atoms with E-state index >= 15 is 0 Å². The van der Waals surface area contributed by atoms with Crippen LogP contribution < -0.4 is 0 Å². The van der Waals surface area contributed by atoms with E-state index in [1.807, 2.05) is 116 Å². The molecule has 0 bridgehead atoms. The van der Waals surface area contributed by atoms with Crippen LogP contribution in [-0.2, 0) is 60.7 Å². The average molecular weight is 1190 g/mol. The van der Waals surface area contributed by atoms with E-state index in [4.69, 9.17) is 18.9 Å². The van der Waals surface area contributed by atoms with Crippen molar-refractivity contribution in [2.24, 2.45) is 5.41 Å². The third-order valence-electron chi connectivity index (χ3n) is 13.0. The van der Waals surface area contributed by atoms with Crippen LogP contribution in [0, 0.1) is 38.4 Å². The highest BCUT2D eigenvalue weighted by Gasteiger charge is 2.32. The molecule has 22 nitrogen and oxygen atoms in total. The van der Waals surface area contributed by atoms with Crippen LogP contribution in [0.3, 0.4) is 0 Å². The van der Waals surface area contributed by atoms with Crippen LogP contribution in [0.25, 0.3) is 33.2 Å². The number of benzene rings is 5. The van der Waals surface area contributed by atoms with Crippen LogP contribution in [0.15, 0.2) is 133 Å². The minimum absolute atomic E-state index is 0.0111. The Labute approximate surface area is 496 Å². The summed E-state index contributed by atoms with van der Waals surface area (Å²) < 4.78 is 45.4. The van der Waals surface area contributed by atoms with Crippen LogP contribution in [0.4, 0.5) is 14.0 Å². The second-order valence-corrected chi connectivity index (χ2v) is 21.2. The highest BCUT2D eigenvalue weighted by atomic mass is 19.1. The number of hydrogen-bond acceptors (Lipinski definition) is 19. The number of carbonyl (C=O) groups is 5. The van der Waals surface area contributed by atoms with Gasteiger partial charge in [0, 0.05) is 35.2 Å². The van der Waals surface area contributed by atoms with Gasteiger partial charge in [-0.25, -0.2) is 14.0 Å². The number of aromatic nitrogens is 1. The van der Waals surface area contributed by atoms with Gasteiger partial charge in [0.15, 0.2) is 5.78 Å². The van der Waals surface area contributed by atoms with Crippen molar-refractivity contribution in [2.75, 3.05) is 26.4 Å². The van der Waals surface area contributed by atoms with Crippen LogP contribution in [0.1, 0.15) is 112 Å². The molecule has 1 heterocycles. The summed E-state index contributed by atoms with van der Waals surface area (Å²) in [5.41, 5.74) is 6.43. The number of rotatable bonds is 29. The Kier molecular flexibility index (Phi) is 25.7. The van der Waals surface area contributed by atoms with Gasteiger partial charge in [0.25, 0.3) is 10.2 Å². The first kappa shape index (κ1) is 67.6. The predicted octanol–water partition coefficient (Wildman–Crippen LogP) is 11.7. The SMILES string of the molecule is CC(OC(=O)OC/C=C\COC(=O)C[C@H](O)C[C@H](O)CCn1c(-c2ccc(F)cc2)c(-c2ccccc2)c(C(=O)Cc2ccccc2)c1C(C)C)O[N+](=O)[O-].Cc1ccc2cc([C@H](C)C(=O)OCC(C)(C)COC(=O)OC(C)O[N+](=O)[O-])ccc2c1. The number of halogens is 1. The van der Waals surface area contributed by atoms with Gasteiger partial charge in [-0.3, -0.25) is 24.1 Å². The summed E-state index contributed by atoms with van der Waals surface area (Å²) in [6.07, 6.45) is -4.88. The third-order valence-corrected chi connectivity index (χ3v) is 13.0. The van der Waals surface area contributed by atoms with E-state index in [9.17, 15) is 58.8 Å². The Morgan fingerprint density at radius 2 is 1.23 bits per heavy atom. The van der Waals surface area contributed by atoms with Crippen molar-refractivity contribution in [3.63, 3.8) is 0 Å². The molecule has 0 spiro atoms. The van der Waals surface area contributed by atoms with Crippen molar-refractivity contribution in [1.82, 2.24) is 4.57 Å². The number of ketones is 1. The Hall–Kier alpha value is -9.22. The molecule has 5 atom stereocenters. The van der Waals surface area contributed by atoms with Crippen molar-refractivity contribution >= 4 is 40.8 Å². The Balaban J connectivity index is 0.000000368. The fourth-order valence-corrected chi connectivity index (χ4v) is 8.95. The Bertz CT molecular complexity index is 3280. The lowest BCUT2D eigenvalue weighted by molar-refractivity contribution is -0.777. The number of aryl methyl sites for hydroxylation is 1. The molecule has 0 fully saturated rings. The maximum Gasteiger partial charge on any atom is 0.510 e. The zero-order valence-corrected chi connectivity index (χ0v) is 49.1. The maximum absolute atomic E-state index is 14.3. The second-order valence-electron chi connectivity index (χ2n) is 21.2. The molecule has 0 aliphatic rings. The number of carbonyl (C=O) groups excluding carboxylic acids is 5. The number of aliphatic hydroxyl groups is 2. The van der Waals surface area contributed by atoms with Crippen molar-refractivity contribution in [3.8, 4) is 22.4 Å². The van der Waals surface area contributed by atoms with E-state index < -0.39 is 76.4 Å². The zero-order chi connectivity index (χ0) is 63.1. The predicted molar refractivity (Wildman–Crippen MR) is 312 cm³/mol. The van der Waals surface area contributed by atoms with E-state index in [2.05, 4.69) is 25.2 Å². The van der Waals surface area contributed by atoms with E-state index in [0.717, 1.165) is 40.1 Å². The fraction of sp³-hybridized carbons (Fsp3) is 0.381. The largest absolute Gasteiger partial charge is 0.510 e. The minimum Gasteiger partial charge on any atom is -0.465 e. The lowest BCUT2D eigenvalue weighted by Crippen LogP contribution is -2.31. The van der Waals surface area contributed by atoms with Crippen LogP contribution >= 0.6 is 0 Å². The number of esters is 2. The zero-order valence-electron chi connectivity index (χ0n) is 49.1. The highest BCUT2D eigenvalue weighted by Crippen LogP contribution is 2.43. The standard InChI is InChI=1S/C41H45FN2O11.C22H27NO8/c1-27(2)39-38(35(47)24-29-12-6-4-7-13-29)37(30-14-8-5-9-15-30)40(31-16-18-32(42)19-17-31)43(39)21-20-33(45)25-34(46)26-36(48)52-22-10-11-23-53-41(49)54-28(3)55-44(50)51;1-14-6-7-19-11-17(8-9-18(19)10-14)15(2)20(24)28-12-22(4,5)13-29-21(25)30-16(3)31-23(26)27/h4-19,27-28,33-34,45-46H,20-26H2,1-3H3;6-11,15-16H,12-13H2,1-5H3/b11-10-;/t28?,33-,34-;15-,16?/m10/s1. The average Bonchev–Trinajstić information content (AvgIpc) is 1.89. The molecule has 0 saturated heterocycles. The lowest BCUT2D eigenvalue weighted by atomic mass is 9.90. The number of Topliss-reactive ketones (excluding diaryl/α,β-unsaturated/α-hetero) is 1. The molecule has 6 rings (SSSR count). The molecule has 0 amide bonds. The summed E-state index contributed by atoms with van der Waals surface area (Å²) in [6.45, 7) is 13.3. The van der Waals surface area contributed by atoms with Crippen LogP contribution in [-0.4, -0.2) is 106 Å². The molecule has 0 aliphatic carbocycles. The summed E-state index contributed by atoms with van der Waals surface area (Å²) in [6, 6.07) is 37.1. The van der Waals surface area contributed by atoms with Gasteiger partial charge in [0.1, 0.15) is 25.6 Å². The fourth-order valence-electron chi connectivity index (χ4n) is 8.95. The number of aliphatic hydroxyl groups excluding tert-OH is 2. The molecule has 0 aliphatic heterocycles. The van der Waals surface area contributed by atoms with Crippen molar-refractivity contribution < 1.29 is 86.8 Å². The van der Waals surface area contributed by atoms with Crippen LogP contribution in [0.5, 0.6) is 0 Å². The molecular formula is C63H72FN3O19. The van der Waals surface area contributed by atoms with Gasteiger partial charge >= 0.3 is 24.2 Å². The molecule has 460 valence electrons. The van der Waals surface area contributed by atoms with Gasteiger partial charge < -0.3 is 43.2 Å². The Morgan fingerprint density at radius 3 is 1.84 bits per heavy atom. The van der Waals surface area contributed by atoms with Gasteiger partial charge in [-0.05, 0) is 116 Å². The molecule has 0 saturated carbocycles. The monoisotopic (exact) mass is 1190 g/mol. The highest BCUT2D eigenvalue weighted by molar-refractivity contribution is 6.08. The molecule has 1 aromatic heterocycles. The van der Waals surface area contributed by atoms with Crippen LogP contribution in [0.2, 0.25) is 0 Å². The molecule has 86 heavy (non-hydrogen) atoms. The Morgan fingerprint density at radius 1 is 0.674 bits per heavy atom. The lowest BCUT2D eigenvalue weighted by Gasteiger charge is -2.24. The number of ether oxygens (including phenoxy) is 6. The quantitative estimate of drug-likeness (QED) is 0.00839. The van der Waals surface area contributed by atoms with E-state index in [-0.39, 0.29) is 70.4 Å². The molecule has 2 unspecified atom stereocenters. The molecule has 2 N–H and O–H groups in total. The van der Waals surface area contributed by atoms with Gasteiger partial charge in [-0.1, -0.05) is 130 Å². The van der Waals surface area contributed by atoms with Gasteiger partial charge in [0.05, 0.1) is 36.8 Å². The molecule has 23 heteroatoms. The van der Waals surface area contributed by atoms with Gasteiger partial charge in [-0.15, -0.1) is 20.2 Å². The van der Waals surface area contributed by atoms with E-state index in [1.165, 1.54) is 36.8 Å². The van der Waals surface area contributed by atoms with E-state index in [0.29, 0.717) is 22.4 Å². The summed E-state index contributed by atoms with van der Waals surface area (Å²) in [5, 5.41) is 42.1. The summed E-state index contributed by atoms with van der Waals surface area (Å²) in [7, 11) is 0. The number of nitrogens with zero attached hydrogens (tertiary/aromatic N) is 3. The molecule has 6 aromatic rings. The topological polar surface area (TPSA) is 291 Å². The normalized spacial score (nSPS) is 13.0. The van der Waals surface area contributed by atoms with Gasteiger partial charge in [0.2, 0.25) is 12.6 Å². The van der Waals surface area contributed by atoms with Crippen molar-refractivity contribution in [3.05, 3.63) is 187 Å². The first-order valence-electron chi connectivity index (χ1n) is 27.6. The first-order valence-corrected chi connectivity index (χ1v) is 27.6. The molecule has 5 aromatic carbocycles. The maximum atomic E-state index is 14.3. The number of fused-ring (bicyclic) bond motifs is 1. The van der Waals surface area contributed by atoms with E-state index in [1.54, 1.807) is 32.9 Å². The number of hydrogen-bond donors (Lipinski definition) is 2.